The highest BCUT2D eigenvalue weighted by atomic mass is 79.9. The first kappa shape index (κ1) is 12.1. The highest BCUT2D eigenvalue weighted by Crippen LogP contribution is 2.11. The lowest BCUT2D eigenvalue weighted by molar-refractivity contribution is 0.316. The van der Waals surface area contributed by atoms with E-state index in [0.29, 0.717) is 6.61 Å². The van der Waals surface area contributed by atoms with Crippen LogP contribution in [0.15, 0.2) is 30.7 Å². The number of hydrogen-bond acceptors (Lipinski definition) is 3. The fraction of sp³-hybridized carbons (Fsp3) is 0.333. The van der Waals surface area contributed by atoms with Crippen molar-refractivity contribution in [3.05, 3.63) is 42.2 Å². The summed E-state index contributed by atoms with van der Waals surface area (Å²) < 4.78 is 7.60. The van der Waals surface area contributed by atoms with Gasteiger partial charge in [0, 0.05) is 31.2 Å². The Kier molecular flexibility index (Phi) is 4.14. The second-order valence-corrected chi connectivity index (χ2v) is 4.23. The number of hydrogen-bond donors (Lipinski definition) is 0. The second-order valence-electron chi connectivity index (χ2n) is 3.67. The summed E-state index contributed by atoms with van der Waals surface area (Å²) in [5.41, 5.74) is 1.00. The third-order valence-corrected chi connectivity index (χ3v) is 3.02. The van der Waals surface area contributed by atoms with Gasteiger partial charge in [0.1, 0.15) is 11.6 Å². The first-order valence-corrected chi connectivity index (χ1v) is 6.51. The lowest BCUT2D eigenvalue weighted by Crippen LogP contribution is -2.06. The zero-order valence-corrected chi connectivity index (χ0v) is 11.2. The third kappa shape index (κ3) is 3.30. The van der Waals surface area contributed by atoms with Gasteiger partial charge in [-0.3, -0.25) is 4.98 Å². The third-order valence-electron chi connectivity index (χ3n) is 2.45. The normalized spacial score (nSPS) is 10.5. The fourth-order valence-electron chi connectivity index (χ4n) is 1.47. The summed E-state index contributed by atoms with van der Waals surface area (Å²) in [5.74, 6) is 1.82. The van der Waals surface area contributed by atoms with Gasteiger partial charge in [-0.25, -0.2) is 4.98 Å². The summed E-state index contributed by atoms with van der Waals surface area (Å²) in [4.78, 5) is 8.47. The lowest BCUT2D eigenvalue weighted by Gasteiger charge is -2.06. The average Bonchev–Trinajstić information content (AvgIpc) is 2.76. The summed E-state index contributed by atoms with van der Waals surface area (Å²) in [6, 6.07) is 3.88. The molecule has 0 aliphatic rings. The van der Waals surface area contributed by atoms with Crippen molar-refractivity contribution in [3.8, 4) is 5.75 Å². The standard InChI is InChI=1S/C12H14BrN3O/c1-16-6-5-14-12(16)4-7-17-11-3-2-10(8-13)15-9-11/h2-3,5-6,9H,4,7-8H2,1H3. The Morgan fingerprint density at radius 1 is 1.35 bits per heavy atom. The number of aryl methyl sites for hydroxylation is 1. The van der Waals surface area contributed by atoms with Crippen molar-refractivity contribution >= 4 is 15.9 Å². The van der Waals surface area contributed by atoms with Crippen molar-refractivity contribution in [2.24, 2.45) is 7.05 Å². The molecule has 2 rings (SSSR count). The van der Waals surface area contributed by atoms with E-state index in [4.69, 9.17) is 4.74 Å². The lowest BCUT2D eigenvalue weighted by atomic mass is 10.3. The van der Waals surface area contributed by atoms with Crippen LogP contribution in [0.1, 0.15) is 11.5 Å². The molecule has 0 amide bonds. The molecule has 0 saturated heterocycles. The van der Waals surface area contributed by atoms with Crippen LogP contribution in [0.4, 0.5) is 0 Å². The van der Waals surface area contributed by atoms with Gasteiger partial charge < -0.3 is 9.30 Å². The molecule has 0 spiro atoms. The molecule has 0 atom stereocenters. The quantitative estimate of drug-likeness (QED) is 0.795. The van der Waals surface area contributed by atoms with Crippen molar-refractivity contribution in [1.82, 2.24) is 14.5 Å². The molecule has 5 heteroatoms. The SMILES string of the molecule is Cn1ccnc1CCOc1ccc(CBr)nc1. The molecule has 0 N–H and O–H groups in total. The van der Waals surface area contributed by atoms with E-state index in [9.17, 15) is 0 Å². The van der Waals surface area contributed by atoms with Gasteiger partial charge in [-0.05, 0) is 12.1 Å². The van der Waals surface area contributed by atoms with Crippen molar-refractivity contribution in [1.29, 1.82) is 0 Å². The van der Waals surface area contributed by atoms with E-state index in [1.54, 1.807) is 12.4 Å². The molecule has 2 aromatic heterocycles. The predicted molar refractivity (Wildman–Crippen MR) is 69.3 cm³/mol. The fourth-order valence-corrected chi connectivity index (χ4v) is 1.80. The predicted octanol–water partition coefficient (Wildman–Crippen LogP) is 2.33. The Balaban J connectivity index is 1.83. The molecule has 90 valence electrons. The number of alkyl halides is 1. The second kappa shape index (κ2) is 5.82. The van der Waals surface area contributed by atoms with Crippen LogP contribution in [0.2, 0.25) is 0 Å². The molecule has 0 radical (unpaired) electrons. The van der Waals surface area contributed by atoms with Gasteiger partial charge >= 0.3 is 0 Å². The monoisotopic (exact) mass is 295 g/mol. The van der Waals surface area contributed by atoms with E-state index in [-0.39, 0.29) is 0 Å². The number of halogens is 1. The molecule has 4 nitrogen and oxygen atoms in total. The summed E-state index contributed by atoms with van der Waals surface area (Å²) in [6.07, 6.45) is 6.27. The maximum atomic E-state index is 5.60. The average molecular weight is 296 g/mol. The van der Waals surface area contributed by atoms with Crippen LogP contribution >= 0.6 is 15.9 Å². The van der Waals surface area contributed by atoms with Crippen LogP contribution in [0.3, 0.4) is 0 Å². The molecule has 0 fully saturated rings. The number of rotatable bonds is 5. The molecule has 0 aliphatic heterocycles. The highest BCUT2D eigenvalue weighted by Gasteiger charge is 2.00. The molecular formula is C12H14BrN3O. The van der Waals surface area contributed by atoms with Gasteiger partial charge in [-0.1, -0.05) is 15.9 Å². The number of nitrogens with zero attached hydrogens (tertiary/aromatic N) is 3. The number of aromatic nitrogens is 3. The van der Waals surface area contributed by atoms with E-state index in [0.717, 1.165) is 29.0 Å². The smallest absolute Gasteiger partial charge is 0.137 e. The first-order valence-electron chi connectivity index (χ1n) is 5.39. The maximum Gasteiger partial charge on any atom is 0.137 e. The minimum atomic E-state index is 0.611. The van der Waals surface area contributed by atoms with Crippen LogP contribution in [0.25, 0.3) is 0 Å². The Labute approximate surface area is 109 Å². The summed E-state index contributed by atoms with van der Waals surface area (Å²) >= 11 is 3.35. The van der Waals surface area contributed by atoms with Crippen LogP contribution in [0, 0.1) is 0 Å². The summed E-state index contributed by atoms with van der Waals surface area (Å²) in [6.45, 7) is 0.611. The molecular weight excluding hydrogens is 282 g/mol. The van der Waals surface area contributed by atoms with Crippen molar-refractivity contribution < 1.29 is 4.74 Å². The number of ether oxygens (including phenoxy) is 1. The van der Waals surface area contributed by atoms with E-state index in [1.807, 2.05) is 29.9 Å². The molecule has 17 heavy (non-hydrogen) atoms. The maximum absolute atomic E-state index is 5.60. The van der Waals surface area contributed by atoms with Gasteiger partial charge in [0.25, 0.3) is 0 Å². The minimum absolute atomic E-state index is 0.611. The van der Waals surface area contributed by atoms with Crippen molar-refractivity contribution in [2.75, 3.05) is 6.61 Å². The van der Waals surface area contributed by atoms with E-state index >= 15 is 0 Å². The van der Waals surface area contributed by atoms with Crippen LogP contribution in [-0.2, 0) is 18.8 Å². The first-order chi connectivity index (χ1) is 8.29. The highest BCUT2D eigenvalue weighted by molar-refractivity contribution is 9.08. The van der Waals surface area contributed by atoms with E-state index < -0.39 is 0 Å². The number of imidazole rings is 1. The Morgan fingerprint density at radius 2 is 2.24 bits per heavy atom. The minimum Gasteiger partial charge on any atom is -0.492 e. The Morgan fingerprint density at radius 3 is 2.82 bits per heavy atom. The van der Waals surface area contributed by atoms with Crippen LogP contribution in [0.5, 0.6) is 5.75 Å². The van der Waals surface area contributed by atoms with Crippen LogP contribution < -0.4 is 4.74 Å². The molecule has 0 saturated carbocycles. The van der Waals surface area contributed by atoms with Gasteiger partial charge in [-0.15, -0.1) is 0 Å². The molecule has 2 aromatic rings. The zero-order valence-electron chi connectivity index (χ0n) is 9.64. The summed E-state index contributed by atoms with van der Waals surface area (Å²) in [7, 11) is 1.98. The molecule has 0 unspecified atom stereocenters. The molecule has 0 bridgehead atoms. The Hall–Kier alpha value is -1.36. The number of pyridine rings is 1. The van der Waals surface area contributed by atoms with Gasteiger partial charge in [-0.2, -0.15) is 0 Å². The molecule has 2 heterocycles. The topological polar surface area (TPSA) is 39.9 Å². The largest absolute Gasteiger partial charge is 0.492 e. The van der Waals surface area contributed by atoms with E-state index in [2.05, 4.69) is 25.9 Å². The van der Waals surface area contributed by atoms with Gasteiger partial charge in [0.15, 0.2) is 0 Å². The van der Waals surface area contributed by atoms with Crippen molar-refractivity contribution in [3.63, 3.8) is 0 Å². The van der Waals surface area contributed by atoms with Gasteiger partial charge in [0.2, 0.25) is 0 Å². The Bertz CT molecular complexity index is 467. The molecule has 0 aliphatic carbocycles. The molecule has 0 aromatic carbocycles. The van der Waals surface area contributed by atoms with E-state index in [1.165, 1.54) is 0 Å². The zero-order chi connectivity index (χ0) is 12.1. The van der Waals surface area contributed by atoms with Crippen molar-refractivity contribution in [2.45, 2.75) is 11.8 Å². The van der Waals surface area contributed by atoms with Crippen LogP contribution in [-0.4, -0.2) is 21.1 Å². The van der Waals surface area contributed by atoms with Gasteiger partial charge in [0.05, 0.1) is 18.5 Å². The summed E-state index contributed by atoms with van der Waals surface area (Å²) in [5, 5.41) is 0.764.